The lowest BCUT2D eigenvalue weighted by molar-refractivity contribution is 0.0929. The first-order valence-corrected chi connectivity index (χ1v) is 9.86. The number of hydrogen-bond donors (Lipinski definition) is 2. The Bertz CT molecular complexity index is 749. The molecule has 4 nitrogen and oxygen atoms in total. The Morgan fingerprint density at radius 2 is 1.04 bits per heavy atom. The summed E-state index contributed by atoms with van der Waals surface area (Å²) >= 11 is 0. The fraction of sp³-hybridized carbons (Fsp3) is 0.455. The maximum absolute atomic E-state index is 12.8. The quantitative estimate of drug-likeness (QED) is 0.869. The molecule has 2 aliphatic rings. The van der Waals surface area contributed by atoms with E-state index >= 15 is 0 Å². The van der Waals surface area contributed by atoms with Crippen LogP contribution < -0.4 is 10.6 Å². The van der Waals surface area contributed by atoms with Crippen molar-refractivity contribution in [2.24, 2.45) is 0 Å². The lowest BCUT2D eigenvalue weighted by Crippen LogP contribution is -2.33. The lowest BCUT2D eigenvalue weighted by Gasteiger charge is -2.16. The van der Waals surface area contributed by atoms with Crippen LogP contribution in [-0.4, -0.2) is 23.9 Å². The van der Waals surface area contributed by atoms with Crippen molar-refractivity contribution in [1.29, 1.82) is 0 Å². The molecule has 2 N–H and O–H groups in total. The van der Waals surface area contributed by atoms with Gasteiger partial charge < -0.3 is 10.6 Å². The number of fused-ring (bicyclic) bond motifs is 1. The van der Waals surface area contributed by atoms with Crippen LogP contribution in [0.25, 0.3) is 10.8 Å². The Labute approximate surface area is 154 Å². The van der Waals surface area contributed by atoms with Crippen LogP contribution in [0.1, 0.15) is 72.1 Å². The maximum atomic E-state index is 12.8. The highest BCUT2D eigenvalue weighted by molar-refractivity contribution is 6.13. The van der Waals surface area contributed by atoms with Gasteiger partial charge in [0.2, 0.25) is 0 Å². The highest BCUT2D eigenvalue weighted by Gasteiger charge is 2.22. The Hall–Kier alpha value is -2.36. The third kappa shape index (κ3) is 3.46. The molecule has 136 valence electrons. The monoisotopic (exact) mass is 350 g/mol. The van der Waals surface area contributed by atoms with Crippen molar-refractivity contribution in [3.8, 4) is 0 Å². The molecule has 4 heteroatoms. The van der Waals surface area contributed by atoms with E-state index in [1.807, 2.05) is 36.4 Å². The molecule has 0 unspecified atom stereocenters. The van der Waals surface area contributed by atoms with E-state index in [4.69, 9.17) is 0 Å². The Balaban J connectivity index is 1.61. The molecule has 2 saturated carbocycles. The summed E-state index contributed by atoms with van der Waals surface area (Å²) < 4.78 is 0. The molecule has 0 spiro atoms. The smallest absolute Gasteiger partial charge is 0.252 e. The Morgan fingerprint density at radius 3 is 1.42 bits per heavy atom. The molecule has 4 rings (SSSR count). The average Bonchev–Trinajstić information content (AvgIpc) is 3.34. The van der Waals surface area contributed by atoms with Gasteiger partial charge in [-0.2, -0.15) is 0 Å². The maximum Gasteiger partial charge on any atom is 0.252 e. The molecule has 2 fully saturated rings. The molecule has 0 bridgehead atoms. The SMILES string of the molecule is O=C(NC1CCCC1)c1cccc2c(C(=O)NC3CCCC3)cccc12. The molecule has 2 aromatic rings. The highest BCUT2D eigenvalue weighted by atomic mass is 16.2. The van der Waals surface area contributed by atoms with Crippen LogP contribution >= 0.6 is 0 Å². The summed E-state index contributed by atoms with van der Waals surface area (Å²) in [5.74, 6) is -0.0632. The van der Waals surface area contributed by atoms with Crippen molar-refractivity contribution in [2.75, 3.05) is 0 Å². The van der Waals surface area contributed by atoms with Gasteiger partial charge in [0.05, 0.1) is 0 Å². The van der Waals surface area contributed by atoms with Crippen molar-refractivity contribution in [3.05, 3.63) is 47.5 Å². The zero-order valence-electron chi connectivity index (χ0n) is 15.1. The minimum atomic E-state index is -0.0316. The lowest BCUT2D eigenvalue weighted by atomic mass is 9.98. The number of benzene rings is 2. The minimum Gasteiger partial charge on any atom is -0.349 e. The van der Waals surface area contributed by atoms with Gasteiger partial charge in [-0.25, -0.2) is 0 Å². The summed E-state index contributed by atoms with van der Waals surface area (Å²) in [5, 5.41) is 8.01. The van der Waals surface area contributed by atoms with Crippen LogP contribution in [0.4, 0.5) is 0 Å². The summed E-state index contributed by atoms with van der Waals surface area (Å²) in [6.07, 6.45) is 8.99. The second kappa shape index (κ2) is 7.48. The van der Waals surface area contributed by atoms with E-state index in [-0.39, 0.29) is 23.9 Å². The largest absolute Gasteiger partial charge is 0.349 e. The standard InChI is InChI=1S/C22H26N2O2/c25-21(23-15-7-1-2-8-15)19-13-5-12-18-17(19)11-6-14-20(18)22(26)24-16-9-3-4-10-16/h5-6,11-16H,1-4,7-10H2,(H,23,25)(H,24,26). The van der Waals surface area contributed by atoms with Crippen LogP contribution in [0.5, 0.6) is 0 Å². The predicted octanol–water partition coefficient (Wildman–Crippen LogP) is 4.18. The molecule has 2 aliphatic carbocycles. The van der Waals surface area contributed by atoms with Gasteiger partial charge in [-0.1, -0.05) is 49.9 Å². The average molecular weight is 350 g/mol. The van der Waals surface area contributed by atoms with Crippen molar-refractivity contribution >= 4 is 22.6 Å². The molecule has 2 amide bonds. The topological polar surface area (TPSA) is 58.2 Å². The zero-order chi connectivity index (χ0) is 17.9. The van der Waals surface area contributed by atoms with Crippen molar-refractivity contribution in [1.82, 2.24) is 10.6 Å². The van der Waals surface area contributed by atoms with E-state index in [1.54, 1.807) is 0 Å². The minimum absolute atomic E-state index is 0.0316. The summed E-state index contributed by atoms with van der Waals surface area (Å²) in [7, 11) is 0. The fourth-order valence-corrected chi connectivity index (χ4v) is 4.37. The van der Waals surface area contributed by atoms with Crippen LogP contribution in [-0.2, 0) is 0 Å². The van der Waals surface area contributed by atoms with Gasteiger partial charge in [0.1, 0.15) is 0 Å². The number of nitrogens with one attached hydrogen (secondary N) is 2. The van der Waals surface area contributed by atoms with E-state index in [0.29, 0.717) is 11.1 Å². The molecular weight excluding hydrogens is 324 g/mol. The molecule has 0 radical (unpaired) electrons. The molecule has 0 aliphatic heterocycles. The summed E-state index contributed by atoms with van der Waals surface area (Å²) in [5.41, 5.74) is 1.31. The van der Waals surface area contributed by atoms with Crippen molar-refractivity contribution < 1.29 is 9.59 Å². The molecule has 26 heavy (non-hydrogen) atoms. The van der Waals surface area contributed by atoms with Gasteiger partial charge in [0.25, 0.3) is 11.8 Å². The summed E-state index contributed by atoms with van der Waals surface area (Å²) in [6.45, 7) is 0. The second-order valence-electron chi connectivity index (χ2n) is 7.62. The van der Waals surface area contributed by atoms with Gasteiger partial charge in [0, 0.05) is 23.2 Å². The van der Waals surface area contributed by atoms with Crippen molar-refractivity contribution in [3.63, 3.8) is 0 Å². The Morgan fingerprint density at radius 1 is 0.654 bits per heavy atom. The van der Waals surface area contributed by atoms with Crippen LogP contribution in [0.15, 0.2) is 36.4 Å². The highest BCUT2D eigenvalue weighted by Crippen LogP contribution is 2.25. The van der Waals surface area contributed by atoms with Gasteiger partial charge >= 0.3 is 0 Å². The van der Waals surface area contributed by atoms with Gasteiger partial charge in [0.15, 0.2) is 0 Å². The summed E-state index contributed by atoms with van der Waals surface area (Å²) in [6, 6.07) is 11.9. The number of carbonyl (C=O) groups is 2. The third-order valence-electron chi connectivity index (χ3n) is 5.79. The first-order chi connectivity index (χ1) is 12.7. The van der Waals surface area contributed by atoms with E-state index < -0.39 is 0 Å². The zero-order valence-corrected chi connectivity index (χ0v) is 15.1. The fourth-order valence-electron chi connectivity index (χ4n) is 4.37. The number of amides is 2. The van der Waals surface area contributed by atoms with E-state index in [1.165, 1.54) is 25.7 Å². The summed E-state index contributed by atoms with van der Waals surface area (Å²) in [4.78, 5) is 25.5. The van der Waals surface area contributed by atoms with Crippen molar-refractivity contribution in [2.45, 2.75) is 63.5 Å². The molecule has 0 atom stereocenters. The number of hydrogen-bond acceptors (Lipinski definition) is 2. The Kier molecular flexibility index (Phi) is 4.91. The first-order valence-electron chi connectivity index (χ1n) is 9.86. The normalized spacial score (nSPS) is 18.3. The number of carbonyl (C=O) groups excluding carboxylic acids is 2. The second-order valence-corrected chi connectivity index (χ2v) is 7.62. The van der Waals surface area contributed by atoms with E-state index in [2.05, 4.69) is 10.6 Å². The van der Waals surface area contributed by atoms with Crippen LogP contribution in [0, 0.1) is 0 Å². The van der Waals surface area contributed by atoms with Gasteiger partial charge in [-0.15, -0.1) is 0 Å². The molecule has 0 heterocycles. The molecular formula is C22H26N2O2. The number of rotatable bonds is 4. The first kappa shape index (κ1) is 17.1. The molecule has 2 aromatic carbocycles. The van der Waals surface area contributed by atoms with Gasteiger partial charge in [-0.3, -0.25) is 9.59 Å². The molecule has 0 aromatic heterocycles. The van der Waals surface area contributed by atoms with Crippen LogP contribution in [0.3, 0.4) is 0 Å². The van der Waals surface area contributed by atoms with Crippen LogP contribution in [0.2, 0.25) is 0 Å². The van der Waals surface area contributed by atoms with Gasteiger partial charge in [-0.05, 0) is 48.6 Å². The third-order valence-corrected chi connectivity index (χ3v) is 5.79. The van der Waals surface area contributed by atoms with E-state index in [9.17, 15) is 9.59 Å². The van der Waals surface area contributed by atoms with E-state index in [0.717, 1.165) is 36.5 Å². The molecule has 0 saturated heterocycles. The predicted molar refractivity (Wildman–Crippen MR) is 103 cm³/mol.